The molecule has 4 heterocycles. The molecule has 4 saturated carbocycles. The Morgan fingerprint density at radius 1 is 0.632 bits per heavy atom. The summed E-state index contributed by atoms with van der Waals surface area (Å²) in [5.41, 5.74) is -1.35. The van der Waals surface area contributed by atoms with Gasteiger partial charge in [0.1, 0.15) is 85.5 Å². The third-order valence-corrected chi connectivity index (χ3v) is 21.0. The maximum atomic E-state index is 15.1. The van der Waals surface area contributed by atoms with Crippen LogP contribution in [0.1, 0.15) is 113 Å². The first-order valence-electron chi connectivity index (χ1n) is 27.2. The molecule has 4 saturated heterocycles. The number of aliphatic hydroxyl groups is 12. The van der Waals surface area contributed by atoms with Gasteiger partial charge in [0, 0.05) is 0 Å². The van der Waals surface area contributed by atoms with Crippen molar-refractivity contribution in [2.45, 2.75) is 235 Å². The van der Waals surface area contributed by atoms with Crippen molar-refractivity contribution in [2.24, 2.45) is 50.2 Å². The number of hydrogen-bond donors (Lipinski definition) is 13. The minimum atomic E-state index is -1.92. The molecule has 0 unspecified atom stereocenters. The number of aliphatic carboxylic acids is 1. The highest BCUT2D eigenvalue weighted by Gasteiger charge is 2.70. The zero-order valence-corrected chi connectivity index (χ0v) is 44.4. The molecule has 27 atom stereocenters. The summed E-state index contributed by atoms with van der Waals surface area (Å²) in [4.78, 5) is 27.5. The molecule has 0 aromatic carbocycles. The monoisotopic (exact) mass is 1090 g/mol. The molecule has 5 aliphatic carbocycles. The van der Waals surface area contributed by atoms with E-state index in [1.54, 1.807) is 0 Å². The Labute approximate surface area is 442 Å². The highest BCUT2D eigenvalue weighted by Crippen LogP contribution is 2.76. The van der Waals surface area contributed by atoms with Crippen LogP contribution < -0.4 is 0 Å². The SMILES string of the molecule is CC1(C)CC[C@]2(C(=O)O[C@@H]3O[C@H](CO[C@@H]4O[C@H](CO)[C@@H](O)[C@H](O)[C@H]4O)[C@@H](O)[C@H](O)[C@H]3O)CC[C@]3(C)C(=CC[C@@H]4[C@@]5(C)CC[C@@H](O[C@@H]6O[C@H](C(=O)O)[C@@H](O)[C@H](O[C@@H]7OC[C@H](O)[C@H](O)[C@H]7O)[C@H]6O)C(C)(C)[C@@H]5CC[C@]43C)[C@@H]2C1. The average Bonchev–Trinajstić information content (AvgIpc) is 3.54. The van der Waals surface area contributed by atoms with Crippen molar-refractivity contribution in [3.8, 4) is 0 Å². The molecular weight excluding hydrogens is 1000 g/mol. The van der Waals surface area contributed by atoms with Gasteiger partial charge in [-0.05, 0) is 109 Å². The number of esters is 1. The number of carbonyl (C=O) groups is 2. The molecule has 23 nitrogen and oxygen atoms in total. The average molecular weight is 1090 g/mol. The lowest BCUT2D eigenvalue weighted by Gasteiger charge is -2.71. The number of carboxylic acids is 1. The van der Waals surface area contributed by atoms with Crippen molar-refractivity contribution in [1.82, 2.24) is 0 Å². The zero-order chi connectivity index (χ0) is 55.6. The van der Waals surface area contributed by atoms with E-state index in [2.05, 4.69) is 54.5 Å². The van der Waals surface area contributed by atoms with Gasteiger partial charge in [0.05, 0.1) is 31.3 Å². The summed E-state index contributed by atoms with van der Waals surface area (Å²) in [6.45, 7) is 14.0. The van der Waals surface area contributed by atoms with Crippen molar-refractivity contribution in [3.05, 3.63) is 11.6 Å². The Bertz CT molecular complexity index is 2140. The van der Waals surface area contributed by atoms with Gasteiger partial charge in [0.2, 0.25) is 6.29 Å². The van der Waals surface area contributed by atoms with E-state index in [0.29, 0.717) is 44.9 Å². The molecule has 434 valence electrons. The molecule has 13 N–H and O–H groups in total. The molecule has 4 aliphatic heterocycles. The molecule has 76 heavy (non-hydrogen) atoms. The zero-order valence-electron chi connectivity index (χ0n) is 44.4. The number of carbonyl (C=O) groups excluding carboxylic acids is 1. The summed E-state index contributed by atoms with van der Waals surface area (Å²) in [6, 6.07) is 0. The molecule has 8 fully saturated rings. The van der Waals surface area contributed by atoms with Gasteiger partial charge in [-0.2, -0.15) is 0 Å². The van der Waals surface area contributed by atoms with E-state index < -0.39 is 165 Å². The van der Waals surface area contributed by atoms with Crippen molar-refractivity contribution < 1.29 is 114 Å². The minimum Gasteiger partial charge on any atom is -0.479 e. The molecule has 0 bridgehead atoms. The lowest BCUT2D eigenvalue weighted by Crippen LogP contribution is -2.67. The Morgan fingerprint density at radius 3 is 1.93 bits per heavy atom. The quantitative estimate of drug-likeness (QED) is 0.0649. The van der Waals surface area contributed by atoms with Crippen LogP contribution in [0.2, 0.25) is 0 Å². The summed E-state index contributed by atoms with van der Waals surface area (Å²) < 4.78 is 46.6. The topological polar surface area (TPSA) is 371 Å². The number of ether oxygens (including phenoxy) is 8. The smallest absolute Gasteiger partial charge is 0.335 e. The van der Waals surface area contributed by atoms with Crippen LogP contribution in [0.15, 0.2) is 11.6 Å². The van der Waals surface area contributed by atoms with Crippen LogP contribution in [-0.4, -0.2) is 221 Å². The fourth-order valence-electron chi connectivity index (χ4n) is 16.1. The van der Waals surface area contributed by atoms with Crippen LogP contribution in [0.3, 0.4) is 0 Å². The number of rotatable bonds is 11. The van der Waals surface area contributed by atoms with Gasteiger partial charge in [0.25, 0.3) is 0 Å². The fraction of sp³-hybridized carbons (Fsp3) is 0.925. The maximum absolute atomic E-state index is 15.1. The summed E-state index contributed by atoms with van der Waals surface area (Å²) in [5, 5.41) is 137. The fourth-order valence-corrected chi connectivity index (χ4v) is 16.1. The van der Waals surface area contributed by atoms with Crippen LogP contribution in [0.5, 0.6) is 0 Å². The van der Waals surface area contributed by atoms with Crippen LogP contribution in [0.25, 0.3) is 0 Å². The first-order valence-corrected chi connectivity index (χ1v) is 27.2. The van der Waals surface area contributed by atoms with Crippen molar-refractivity contribution in [1.29, 1.82) is 0 Å². The van der Waals surface area contributed by atoms with Gasteiger partial charge in [-0.3, -0.25) is 4.79 Å². The second kappa shape index (κ2) is 21.0. The second-order valence-corrected chi connectivity index (χ2v) is 25.9. The molecule has 0 radical (unpaired) electrons. The molecule has 23 heteroatoms. The van der Waals surface area contributed by atoms with E-state index in [1.165, 1.54) is 5.57 Å². The van der Waals surface area contributed by atoms with Crippen molar-refractivity contribution in [3.63, 3.8) is 0 Å². The van der Waals surface area contributed by atoms with Crippen LogP contribution in [-0.2, 0) is 47.5 Å². The molecule has 0 amide bonds. The van der Waals surface area contributed by atoms with E-state index in [1.807, 2.05) is 0 Å². The summed E-state index contributed by atoms with van der Waals surface area (Å²) >= 11 is 0. The third-order valence-electron chi connectivity index (χ3n) is 21.0. The highest BCUT2D eigenvalue weighted by atomic mass is 16.8. The van der Waals surface area contributed by atoms with E-state index in [4.69, 9.17) is 37.9 Å². The number of hydrogen-bond acceptors (Lipinski definition) is 22. The number of fused-ring (bicyclic) bond motifs is 7. The molecule has 9 aliphatic rings. The molecule has 0 spiro atoms. The first kappa shape index (κ1) is 58.6. The molecule has 9 rings (SSSR count). The molecule has 0 aromatic rings. The van der Waals surface area contributed by atoms with E-state index in [0.717, 1.165) is 19.3 Å². The van der Waals surface area contributed by atoms with Gasteiger partial charge in [0.15, 0.2) is 25.0 Å². The number of allylic oxidation sites excluding steroid dienone is 2. The summed E-state index contributed by atoms with van der Waals surface area (Å²) in [5.74, 6) is -2.12. The standard InChI is InChI=1S/C53H84O23/c1-48(2)14-16-53(47(68)76-45-37(63)34(60)32(58)26(72-45)21-70-43-36(62)33(59)31(57)25(19-54)71-43)17-15-51(6)22(23(53)18-48)8-9-28-50(5)12-11-29(49(3,4)27(50)10-13-52(28,51)7)73-46-39(65)40(38(64)41(75-46)42(66)67)74-44-35(61)30(56)24(55)20-69-44/h8,23-41,43-46,54-65H,9-21H2,1-7H3,(H,66,67)/t23-,24-,25+,26+,27-,28+,29+,30-,31+,32+,33-,34-,35+,36+,37+,38-,39+,40-,41-,43+,44-,45-,46+,50-,51+,52+,53-/m0/s1. The van der Waals surface area contributed by atoms with Gasteiger partial charge in [-0.25, -0.2) is 4.79 Å². The van der Waals surface area contributed by atoms with E-state index in [9.17, 15) is 71.2 Å². The normalized spacial score (nSPS) is 52.9. The predicted molar refractivity (Wildman–Crippen MR) is 257 cm³/mol. The lowest BCUT2D eigenvalue weighted by atomic mass is 9.33. The van der Waals surface area contributed by atoms with Crippen LogP contribution in [0.4, 0.5) is 0 Å². The predicted octanol–water partition coefficient (Wildman–Crippen LogP) is -1.30. The van der Waals surface area contributed by atoms with Crippen LogP contribution in [0, 0.1) is 50.2 Å². The molecule has 0 aromatic heterocycles. The highest BCUT2D eigenvalue weighted by molar-refractivity contribution is 5.79. The van der Waals surface area contributed by atoms with Crippen LogP contribution >= 0.6 is 0 Å². The van der Waals surface area contributed by atoms with E-state index >= 15 is 4.79 Å². The van der Waals surface area contributed by atoms with Crippen molar-refractivity contribution in [2.75, 3.05) is 19.8 Å². The van der Waals surface area contributed by atoms with Gasteiger partial charge < -0.3 is 104 Å². The number of aliphatic hydroxyl groups excluding tert-OH is 12. The van der Waals surface area contributed by atoms with Gasteiger partial charge in [-0.15, -0.1) is 0 Å². The summed E-state index contributed by atoms with van der Waals surface area (Å²) in [6.07, 6.45) is -23.4. The third kappa shape index (κ3) is 9.52. The van der Waals surface area contributed by atoms with Gasteiger partial charge in [-0.1, -0.05) is 60.1 Å². The Kier molecular flexibility index (Phi) is 16.2. The maximum Gasteiger partial charge on any atom is 0.335 e. The van der Waals surface area contributed by atoms with Crippen molar-refractivity contribution >= 4 is 11.9 Å². The Balaban J connectivity index is 0.920. The number of carboxylic acid groups (broad SMARTS) is 1. The Morgan fingerprint density at radius 2 is 1.26 bits per heavy atom. The van der Waals surface area contributed by atoms with E-state index in [-0.39, 0.29) is 39.4 Å². The van der Waals surface area contributed by atoms with Gasteiger partial charge >= 0.3 is 11.9 Å². The Hall–Kier alpha value is -2.08. The second-order valence-electron chi connectivity index (χ2n) is 25.9. The first-order chi connectivity index (χ1) is 35.5. The molecular formula is C53H84O23. The lowest BCUT2D eigenvalue weighted by molar-refractivity contribution is -0.357. The minimum absolute atomic E-state index is 0.0798. The largest absolute Gasteiger partial charge is 0.479 e. The summed E-state index contributed by atoms with van der Waals surface area (Å²) in [7, 11) is 0.